The van der Waals surface area contributed by atoms with Crippen LogP contribution in [0.15, 0.2) is 18.2 Å². The fraction of sp³-hybridized carbons (Fsp3) is 0.364. The molecule has 2 heterocycles. The van der Waals surface area contributed by atoms with Gasteiger partial charge in [-0.1, -0.05) is 6.07 Å². The van der Waals surface area contributed by atoms with Crippen molar-refractivity contribution in [2.24, 2.45) is 0 Å². The van der Waals surface area contributed by atoms with Gasteiger partial charge in [-0.3, -0.25) is 0 Å². The number of epoxide rings is 1. The van der Waals surface area contributed by atoms with Crippen LogP contribution in [0.2, 0.25) is 0 Å². The molecule has 2 aliphatic heterocycles. The van der Waals surface area contributed by atoms with Gasteiger partial charge >= 0.3 is 5.97 Å². The summed E-state index contributed by atoms with van der Waals surface area (Å²) < 4.78 is 10.3. The van der Waals surface area contributed by atoms with Crippen molar-refractivity contribution < 1.29 is 14.3 Å². The van der Waals surface area contributed by atoms with Crippen LogP contribution in [0.3, 0.4) is 0 Å². The predicted octanol–water partition coefficient (Wildman–Crippen LogP) is 1.99. The van der Waals surface area contributed by atoms with Crippen molar-refractivity contribution >= 4 is 5.97 Å². The fourth-order valence-corrected chi connectivity index (χ4v) is 1.83. The summed E-state index contributed by atoms with van der Waals surface area (Å²) in [5, 5.41) is 0. The molecule has 0 spiro atoms. The van der Waals surface area contributed by atoms with Gasteiger partial charge in [0.1, 0.15) is 12.2 Å². The van der Waals surface area contributed by atoms with Crippen molar-refractivity contribution in [3.63, 3.8) is 0 Å². The van der Waals surface area contributed by atoms with E-state index < -0.39 is 0 Å². The first-order valence-corrected chi connectivity index (χ1v) is 4.72. The van der Waals surface area contributed by atoms with Gasteiger partial charge in [-0.2, -0.15) is 0 Å². The Hall–Kier alpha value is -1.35. The standard InChI is InChI=1S/C11H10O3/c1-6-9-4-7(10-5-13-10)2-3-8(9)11(12)14-6/h2-4,6,10H,5H2,1H3/t6?,10-/m0/s1. The number of rotatable bonds is 1. The van der Waals surface area contributed by atoms with E-state index in [2.05, 4.69) is 0 Å². The number of esters is 1. The molecule has 0 bridgehead atoms. The fourth-order valence-electron chi connectivity index (χ4n) is 1.83. The lowest BCUT2D eigenvalue weighted by Crippen LogP contribution is -1.94. The molecule has 1 saturated heterocycles. The molecule has 3 rings (SSSR count). The van der Waals surface area contributed by atoms with Crippen LogP contribution in [0.5, 0.6) is 0 Å². The molecule has 0 amide bonds. The maximum Gasteiger partial charge on any atom is 0.339 e. The highest BCUT2D eigenvalue weighted by molar-refractivity contribution is 5.94. The number of carbonyl (C=O) groups excluding carboxylic acids is 1. The van der Waals surface area contributed by atoms with E-state index in [-0.39, 0.29) is 18.2 Å². The molecule has 1 aromatic carbocycles. The van der Waals surface area contributed by atoms with Gasteiger partial charge in [0.05, 0.1) is 12.2 Å². The van der Waals surface area contributed by atoms with Crippen LogP contribution in [0, 0.1) is 0 Å². The lowest BCUT2D eigenvalue weighted by Gasteiger charge is -2.03. The number of benzene rings is 1. The first-order valence-electron chi connectivity index (χ1n) is 4.72. The summed E-state index contributed by atoms with van der Waals surface area (Å²) in [6, 6.07) is 5.79. The molecular formula is C11H10O3. The highest BCUT2D eigenvalue weighted by Crippen LogP contribution is 2.36. The van der Waals surface area contributed by atoms with Crippen molar-refractivity contribution in [3.8, 4) is 0 Å². The van der Waals surface area contributed by atoms with Gasteiger partial charge < -0.3 is 9.47 Å². The molecule has 0 N–H and O–H groups in total. The van der Waals surface area contributed by atoms with Crippen molar-refractivity contribution in [2.75, 3.05) is 6.61 Å². The minimum absolute atomic E-state index is 0.115. The van der Waals surface area contributed by atoms with Gasteiger partial charge in [-0.15, -0.1) is 0 Å². The normalized spacial score (nSPS) is 28.5. The second-order valence-corrected chi connectivity index (χ2v) is 3.72. The number of carbonyl (C=O) groups is 1. The zero-order chi connectivity index (χ0) is 9.71. The van der Waals surface area contributed by atoms with E-state index in [0.29, 0.717) is 5.56 Å². The van der Waals surface area contributed by atoms with Crippen molar-refractivity contribution in [1.82, 2.24) is 0 Å². The van der Waals surface area contributed by atoms with Gasteiger partial charge in [0.15, 0.2) is 0 Å². The first-order chi connectivity index (χ1) is 6.75. The summed E-state index contributed by atoms with van der Waals surface area (Å²) in [4.78, 5) is 11.3. The summed E-state index contributed by atoms with van der Waals surface area (Å²) in [6.07, 6.45) is 0.124. The molecule has 72 valence electrons. The molecule has 3 nitrogen and oxygen atoms in total. The summed E-state index contributed by atoms with van der Waals surface area (Å²) in [5.74, 6) is -0.212. The van der Waals surface area contributed by atoms with Gasteiger partial charge in [-0.05, 0) is 24.6 Å². The van der Waals surface area contributed by atoms with Gasteiger partial charge in [0.2, 0.25) is 0 Å². The molecule has 14 heavy (non-hydrogen) atoms. The van der Waals surface area contributed by atoms with Crippen molar-refractivity contribution in [1.29, 1.82) is 0 Å². The minimum Gasteiger partial charge on any atom is -0.454 e. The van der Waals surface area contributed by atoms with E-state index in [1.165, 1.54) is 0 Å². The van der Waals surface area contributed by atoms with E-state index in [0.717, 1.165) is 17.7 Å². The van der Waals surface area contributed by atoms with E-state index >= 15 is 0 Å². The van der Waals surface area contributed by atoms with E-state index in [1.807, 2.05) is 25.1 Å². The Kier molecular flexibility index (Phi) is 1.47. The van der Waals surface area contributed by atoms with Crippen LogP contribution in [-0.2, 0) is 9.47 Å². The molecule has 2 atom stereocenters. The highest BCUT2D eigenvalue weighted by atomic mass is 16.6. The molecule has 0 saturated carbocycles. The number of hydrogen-bond acceptors (Lipinski definition) is 3. The number of hydrogen-bond donors (Lipinski definition) is 0. The molecule has 0 aromatic heterocycles. The van der Waals surface area contributed by atoms with Crippen molar-refractivity contribution in [3.05, 3.63) is 34.9 Å². The topological polar surface area (TPSA) is 38.8 Å². The van der Waals surface area contributed by atoms with Gasteiger partial charge in [-0.25, -0.2) is 4.79 Å². The third kappa shape index (κ3) is 1.06. The lowest BCUT2D eigenvalue weighted by molar-refractivity contribution is 0.0422. The summed E-state index contributed by atoms with van der Waals surface area (Å²) >= 11 is 0. The average Bonchev–Trinajstić information content (AvgIpc) is 2.96. The van der Waals surface area contributed by atoms with E-state index in [1.54, 1.807) is 0 Å². The van der Waals surface area contributed by atoms with Crippen LogP contribution in [0.4, 0.5) is 0 Å². The van der Waals surface area contributed by atoms with Crippen LogP contribution in [-0.4, -0.2) is 12.6 Å². The van der Waals surface area contributed by atoms with Crippen LogP contribution in [0.1, 0.15) is 40.6 Å². The lowest BCUT2D eigenvalue weighted by atomic mass is 10.0. The minimum atomic E-state index is -0.212. The van der Waals surface area contributed by atoms with Crippen LogP contribution < -0.4 is 0 Å². The van der Waals surface area contributed by atoms with Gasteiger partial charge in [0.25, 0.3) is 0 Å². The zero-order valence-corrected chi connectivity index (χ0v) is 7.82. The maximum atomic E-state index is 11.3. The third-order valence-corrected chi connectivity index (χ3v) is 2.72. The maximum absolute atomic E-state index is 11.3. The Morgan fingerprint density at radius 3 is 2.93 bits per heavy atom. The Morgan fingerprint density at radius 2 is 2.21 bits per heavy atom. The van der Waals surface area contributed by atoms with Crippen LogP contribution in [0.25, 0.3) is 0 Å². The third-order valence-electron chi connectivity index (χ3n) is 2.72. The predicted molar refractivity (Wildman–Crippen MR) is 49.0 cm³/mol. The quantitative estimate of drug-likeness (QED) is 0.502. The largest absolute Gasteiger partial charge is 0.454 e. The molecule has 0 radical (unpaired) electrons. The number of ether oxygens (including phenoxy) is 2. The molecule has 3 heteroatoms. The average molecular weight is 190 g/mol. The van der Waals surface area contributed by atoms with Gasteiger partial charge in [0, 0.05) is 5.56 Å². The molecule has 1 aromatic rings. The summed E-state index contributed by atoms with van der Waals surface area (Å²) in [7, 11) is 0. The Labute approximate surface area is 81.6 Å². The molecular weight excluding hydrogens is 180 g/mol. The highest BCUT2D eigenvalue weighted by Gasteiger charge is 2.31. The molecule has 2 aliphatic rings. The summed E-state index contributed by atoms with van der Waals surface area (Å²) in [6.45, 7) is 2.68. The molecule has 1 unspecified atom stereocenters. The van der Waals surface area contributed by atoms with E-state index in [9.17, 15) is 4.79 Å². The monoisotopic (exact) mass is 190 g/mol. The molecule has 0 aliphatic carbocycles. The van der Waals surface area contributed by atoms with Crippen LogP contribution >= 0.6 is 0 Å². The first kappa shape index (κ1) is 8.00. The Morgan fingerprint density at radius 1 is 1.43 bits per heavy atom. The number of fused-ring (bicyclic) bond motifs is 1. The number of cyclic esters (lactones) is 1. The smallest absolute Gasteiger partial charge is 0.339 e. The van der Waals surface area contributed by atoms with Crippen molar-refractivity contribution in [2.45, 2.75) is 19.1 Å². The van der Waals surface area contributed by atoms with E-state index in [4.69, 9.17) is 9.47 Å². The Balaban J connectivity index is 2.09. The Bertz CT molecular complexity index is 407. The zero-order valence-electron chi connectivity index (χ0n) is 7.82. The molecule has 1 fully saturated rings. The second kappa shape index (κ2) is 2.58. The SMILES string of the molecule is CC1OC(=O)c2ccc([C@@H]3CO3)cc21. The summed E-state index contributed by atoms with van der Waals surface area (Å²) in [5.41, 5.74) is 2.83. The second-order valence-electron chi connectivity index (χ2n) is 3.72.